The Hall–Kier alpha value is -3.46. The third-order valence-electron chi connectivity index (χ3n) is 7.98. The molecular formula is C28H31N5O3S. The predicted octanol–water partition coefficient (Wildman–Crippen LogP) is 5.12. The molecule has 0 unspecified atom stereocenters. The molecule has 9 heteroatoms. The van der Waals surface area contributed by atoms with Crippen LogP contribution in [0, 0.1) is 10.1 Å². The number of rotatable bonds is 4. The Labute approximate surface area is 219 Å². The van der Waals surface area contributed by atoms with Crippen LogP contribution in [0.2, 0.25) is 0 Å². The fourth-order valence-electron chi connectivity index (χ4n) is 5.99. The average molecular weight is 518 g/mol. The number of nitro benzene ring substituents is 1. The third kappa shape index (κ3) is 4.15. The Morgan fingerprint density at radius 1 is 1.00 bits per heavy atom. The van der Waals surface area contributed by atoms with Gasteiger partial charge in [0.1, 0.15) is 5.69 Å². The lowest BCUT2D eigenvalue weighted by Gasteiger charge is -2.39. The summed E-state index contributed by atoms with van der Waals surface area (Å²) in [4.78, 5) is 35.4. The van der Waals surface area contributed by atoms with Gasteiger partial charge in [0, 0.05) is 42.5 Å². The highest BCUT2D eigenvalue weighted by Crippen LogP contribution is 2.40. The van der Waals surface area contributed by atoms with Gasteiger partial charge in [0.05, 0.1) is 20.5 Å². The van der Waals surface area contributed by atoms with E-state index >= 15 is 0 Å². The quantitative estimate of drug-likeness (QED) is 0.276. The summed E-state index contributed by atoms with van der Waals surface area (Å²) in [6, 6.07) is 11.9. The number of thiazole rings is 1. The summed E-state index contributed by atoms with van der Waals surface area (Å²) in [5.41, 5.74) is 3.92. The van der Waals surface area contributed by atoms with Crippen molar-refractivity contribution in [1.82, 2.24) is 9.38 Å². The predicted molar refractivity (Wildman–Crippen MR) is 150 cm³/mol. The molecule has 0 aliphatic carbocycles. The minimum Gasteiger partial charge on any atom is -0.368 e. The molecule has 0 saturated carbocycles. The lowest BCUT2D eigenvalue weighted by molar-refractivity contribution is -0.384. The first kappa shape index (κ1) is 23.9. The van der Waals surface area contributed by atoms with Crippen molar-refractivity contribution in [2.24, 2.45) is 0 Å². The number of anilines is 2. The Balaban J connectivity index is 1.57. The Morgan fingerprint density at radius 3 is 2.35 bits per heavy atom. The molecule has 0 spiro atoms. The van der Waals surface area contributed by atoms with Crippen LogP contribution in [0.5, 0.6) is 0 Å². The van der Waals surface area contributed by atoms with E-state index in [4.69, 9.17) is 0 Å². The molecule has 2 fully saturated rings. The highest BCUT2D eigenvalue weighted by molar-refractivity contribution is 7.15. The molecular weight excluding hydrogens is 486 g/mol. The number of benzene rings is 2. The van der Waals surface area contributed by atoms with Crippen molar-refractivity contribution < 1.29 is 4.92 Å². The number of piperidine rings is 2. The van der Waals surface area contributed by atoms with E-state index in [1.54, 1.807) is 10.5 Å². The Kier molecular flexibility index (Phi) is 6.10. The average Bonchev–Trinajstić information content (AvgIpc) is 3.40. The second-order valence-corrected chi connectivity index (χ2v) is 11.4. The summed E-state index contributed by atoms with van der Waals surface area (Å²) in [5, 5.41) is 12.3. The largest absolute Gasteiger partial charge is 0.368 e. The van der Waals surface area contributed by atoms with Crippen LogP contribution >= 0.6 is 11.3 Å². The van der Waals surface area contributed by atoms with Crippen LogP contribution in [0.3, 0.4) is 0 Å². The SMILES string of the molecule is C[C@H]1CCCCN1c1cc(N2CCCC[C@@H]2C)c([N+](=O)[O-])cc1/C=c1/sc2nc3ccccc3n2c1=O. The molecule has 2 aromatic carbocycles. The van der Waals surface area contributed by atoms with Crippen LogP contribution in [0.1, 0.15) is 57.9 Å². The number of imidazole rings is 1. The molecule has 0 bridgehead atoms. The van der Waals surface area contributed by atoms with Gasteiger partial charge in [-0.2, -0.15) is 0 Å². The molecule has 0 amide bonds. The molecule has 6 rings (SSSR count). The molecule has 2 atom stereocenters. The van der Waals surface area contributed by atoms with Gasteiger partial charge in [0.25, 0.3) is 11.2 Å². The van der Waals surface area contributed by atoms with Crippen LogP contribution in [-0.2, 0) is 0 Å². The summed E-state index contributed by atoms with van der Waals surface area (Å²) < 4.78 is 2.18. The van der Waals surface area contributed by atoms with Gasteiger partial charge in [-0.15, -0.1) is 0 Å². The van der Waals surface area contributed by atoms with E-state index in [-0.39, 0.29) is 22.2 Å². The van der Waals surface area contributed by atoms with Gasteiger partial charge < -0.3 is 9.80 Å². The molecule has 0 radical (unpaired) electrons. The number of hydrogen-bond acceptors (Lipinski definition) is 7. The van der Waals surface area contributed by atoms with E-state index in [0.29, 0.717) is 21.2 Å². The standard InChI is InChI=1S/C28H31N5O3S/c1-18-9-5-7-13-30(18)23-17-24(31-14-8-6-10-19(31)2)25(33(35)36)15-20(23)16-26-27(34)32-22-12-4-3-11-21(22)29-28(32)37-26/h3-4,11-12,15-19H,5-10,13-14H2,1-2H3/b26-16+/t18-,19-/m0/s1. The van der Waals surface area contributed by atoms with E-state index < -0.39 is 0 Å². The van der Waals surface area contributed by atoms with Gasteiger partial charge in [0.2, 0.25) is 0 Å². The lowest BCUT2D eigenvalue weighted by atomic mass is 9.98. The van der Waals surface area contributed by atoms with Crippen molar-refractivity contribution >= 4 is 50.5 Å². The maximum Gasteiger partial charge on any atom is 0.293 e. The van der Waals surface area contributed by atoms with E-state index in [2.05, 4.69) is 28.6 Å². The maximum absolute atomic E-state index is 13.5. The minimum atomic E-state index is -0.274. The zero-order chi connectivity index (χ0) is 25.7. The molecule has 2 aliphatic heterocycles. The van der Waals surface area contributed by atoms with Gasteiger partial charge in [-0.3, -0.25) is 14.9 Å². The van der Waals surface area contributed by atoms with E-state index in [1.165, 1.54) is 17.8 Å². The molecule has 0 N–H and O–H groups in total. The first-order chi connectivity index (χ1) is 17.9. The Bertz CT molecular complexity index is 1610. The fourth-order valence-corrected chi connectivity index (χ4v) is 6.97. The summed E-state index contributed by atoms with van der Waals surface area (Å²) in [5.74, 6) is 0. The third-order valence-corrected chi connectivity index (χ3v) is 8.95. The topological polar surface area (TPSA) is 84.0 Å². The normalized spacial score (nSPS) is 21.3. The van der Waals surface area contributed by atoms with Gasteiger partial charge >= 0.3 is 0 Å². The van der Waals surface area contributed by atoms with Crippen molar-refractivity contribution in [2.75, 3.05) is 22.9 Å². The first-order valence-corrected chi connectivity index (χ1v) is 14.0. The Morgan fingerprint density at radius 2 is 1.68 bits per heavy atom. The maximum atomic E-state index is 13.5. The molecule has 2 aromatic heterocycles. The molecule has 2 aliphatic rings. The molecule has 8 nitrogen and oxygen atoms in total. The van der Waals surface area contributed by atoms with Crippen LogP contribution in [0.15, 0.2) is 41.2 Å². The first-order valence-electron chi connectivity index (χ1n) is 13.2. The lowest BCUT2D eigenvalue weighted by Crippen LogP contribution is -2.40. The van der Waals surface area contributed by atoms with Crippen molar-refractivity contribution in [2.45, 2.75) is 64.5 Å². The van der Waals surface area contributed by atoms with Crippen LogP contribution in [0.4, 0.5) is 17.1 Å². The minimum absolute atomic E-state index is 0.104. The summed E-state index contributed by atoms with van der Waals surface area (Å²) in [6.45, 7) is 6.09. The smallest absolute Gasteiger partial charge is 0.293 e. The van der Waals surface area contributed by atoms with E-state index in [1.807, 2.05) is 36.4 Å². The number of fused-ring (bicyclic) bond motifs is 3. The monoisotopic (exact) mass is 517 g/mol. The van der Waals surface area contributed by atoms with Crippen molar-refractivity contribution in [3.05, 3.63) is 67.0 Å². The van der Waals surface area contributed by atoms with Crippen molar-refractivity contribution in [3.63, 3.8) is 0 Å². The van der Waals surface area contributed by atoms with Gasteiger partial charge in [-0.05, 0) is 76.6 Å². The number of aromatic nitrogens is 2. The van der Waals surface area contributed by atoms with Crippen LogP contribution < -0.4 is 19.9 Å². The second-order valence-electron chi connectivity index (χ2n) is 10.4. The van der Waals surface area contributed by atoms with Gasteiger partial charge in [-0.1, -0.05) is 23.5 Å². The molecule has 192 valence electrons. The van der Waals surface area contributed by atoms with Crippen molar-refractivity contribution in [1.29, 1.82) is 0 Å². The number of nitro groups is 1. The summed E-state index contributed by atoms with van der Waals surface area (Å²) >= 11 is 1.33. The molecule has 4 heterocycles. The summed E-state index contributed by atoms with van der Waals surface area (Å²) in [7, 11) is 0. The fraction of sp³-hybridized carbons (Fsp3) is 0.429. The van der Waals surface area contributed by atoms with Crippen molar-refractivity contribution in [3.8, 4) is 0 Å². The number of nitrogens with zero attached hydrogens (tertiary/aromatic N) is 5. The highest BCUT2D eigenvalue weighted by atomic mass is 32.1. The zero-order valence-corrected chi connectivity index (χ0v) is 22.0. The van der Waals surface area contributed by atoms with Gasteiger partial charge in [0.15, 0.2) is 4.96 Å². The second kappa shape index (κ2) is 9.45. The van der Waals surface area contributed by atoms with Gasteiger partial charge in [-0.25, -0.2) is 9.38 Å². The highest BCUT2D eigenvalue weighted by Gasteiger charge is 2.30. The van der Waals surface area contributed by atoms with Crippen LogP contribution in [-0.4, -0.2) is 39.5 Å². The number of hydrogen-bond donors (Lipinski definition) is 0. The molecule has 2 saturated heterocycles. The van der Waals surface area contributed by atoms with E-state index in [0.717, 1.165) is 67.5 Å². The number of para-hydroxylation sites is 2. The molecule has 4 aromatic rings. The molecule has 37 heavy (non-hydrogen) atoms. The van der Waals surface area contributed by atoms with E-state index in [9.17, 15) is 14.9 Å². The summed E-state index contributed by atoms with van der Waals surface area (Å²) in [6.07, 6.45) is 8.40. The zero-order valence-electron chi connectivity index (χ0n) is 21.2. The van der Waals surface area contributed by atoms with Crippen LogP contribution in [0.25, 0.3) is 22.1 Å².